The molecule has 3 fully saturated rings. The maximum atomic E-state index is 14.7. The van der Waals surface area contributed by atoms with Crippen molar-refractivity contribution in [3.8, 4) is 0 Å². The predicted molar refractivity (Wildman–Crippen MR) is 467 cm³/mol. The summed E-state index contributed by atoms with van der Waals surface area (Å²) in [5.41, 5.74) is 16.2. The maximum absolute atomic E-state index is 14.7. The van der Waals surface area contributed by atoms with Gasteiger partial charge in [-0.2, -0.15) is 50.5 Å². The lowest BCUT2D eigenvalue weighted by Gasteiger charge is -2.31. The lowest BCUT2D eigenvalue weighted by Crippen LogP contribution is -2.62. The molecule has 19 amide bonds. The SMILES string of the molecule is CC(C)CC(NC(=O)C(CCC(=O)O)NC(=O)C1CCCN1C(=O)C(Cc1c[nH]cn1)NC(=O)C(CO)NC(=O)C(CO)NC(=O)C(CC(N)=O)NC(=O)C(CS)NC(=O)C(CCCNC(=N)N)NC(=O)C1CCCN1C(=O)C(CC(=O)O)NC(=O)C(CO)NC(=O)C(CS)NC(=O)C(CS)NC(=O)C(CCC(=O)O)NC(=O)C1CCCN1)C(=O)NC(CS)C(=O)NCC(N)=O. The van der Waals surface area contributed by atoms with E-state index in [1.165, 1.54) is 12.5 Å². The minimum atomic E-state index is -2.11. The maximum Gasteiger partial charge on any atom is 0.305 e. The summed E-state index contributed by atoms with van der Waals surface area (Å²) in [5.74, 6) is -27.9. The number of carbonyl (C=O) groups excluding carboxylic acids is 19. The van der Waals surface area contributed by atoms with E-state index in [-0.39, 0.29) is 88.4 Å². The largest absolute Gasteiger partial charge is 0.481 e. The van der Waals surface area contributed by atoms with Crippen molar-refractivity contribution in [2.75, 3.05) is 75.6 Å². The highest BCUT2D eigenvalue weighted by Crippen LogP contribution is 2.23. The van der Waals surface area contributed by atoms with Crippen molar-refractivity contribution in [3.63, 3.8) is 0 Å². The zero-order valence-corrected chi connectivity index (χ0v) is 75.0. The van der Waals surface area contributed by atoms with Crippen molar-refractivity contribution in [2.45, 2.75) is 219 Å². The first-order chi connectivity index (χ1) is 61.9. The molecule has 0 radical (unpaired) electrons. The summed E-state index contributed by atoms with van der Waals surface area (Å²) in [6, 6.07) is -28.1. The molecule has 0 aromatic carbocycles. The fourth-order valence-electron chi connectivity index (χ4n) is 13.5. The van der Waals surface area contributed by atoms with Gasteiger partial charge >= 0.3 is 17.9 Å². The van der Waals surface area contributed by atoms with E-state index < -0.39 is 321 Å². The second kappa shape index (κ2) is 56.6. The minimum absolute atomic E-state index is 0.0518. The number of thiol groups is 4. The summed E-state index contributed by atoms with van der Waals surface area (Å²) in [7, 11) is 0. The zero-order valence-electron chi connectivity index (χ0n) is 71.4. The number of H-pyrrole nitrogens is 1. The molecule has 0 bridgehead atoms. The van der Waals surface area contributed by atoms with E-state index in [2.05, 4.69) is 151 Å². The number of aromatic nitrogens is 2. The Hall–Kier alpha value is -11.9. The molecule has 57 heteroatoms. The molecule has 131 heavy (non-hydrogen) atoms. The molecular formula is C74H117N25O28S4. The van der Waals surface area contributed by atoms with Crippen LogP contribution in [-0.2, 0) is 112 Å². The van der Waals surface area contributed by atoms with Gasteiger partial charge in [-0.3, -0.25) is 111 Å². The normalized spacial score (nSPS) is 17.7. The number of carboxylic acid groups (broad SMARTS) is 3. The van der Waals surface area contributed by atoms with Gasteiger partial charge in [0.2, 0.25) is 112 Å². The van der Waals surface area contributed by atoms with Gasteiger partial charge in [0, 0.05) is 68.1 Å². The standard InChI is InChI=1S/C74H117N25O28S4/c1-33(2)19-39(62(116)94-46(28-128)57(111)82-24-53(76)104)87-60(114)38(12-14-55(107)108)86-71(125)51-10-5-17-98(51)72(126)41(20-34-23-79-32-83-34)89-64(118)43(25-100)92-66(120)45(27-102)91-63(117)40(21-52(75)103)88-67(121)47(29-129)95-59(113)36(8-4-16-81-74(77)78)85-70(124)50-9-6-18-99(50)73(127)42(22-56(109)110)90-65(119)44(26-101)93-68(122)48(30-130)97-69(123)49(31-131)96-61(115)37(11-13-54(105)106)84-58(112)35-7-3-15-80-35/h23,32-33,35-51,80,100-102,128-131H,3-22,24-31H2,1-2H3,(H2,75,103)(H2,76,104)(H,79,83)(H,82,111)(H,84,112)(H,85,124)(H,86,125)(H,87,114)(H,88,121)(H,89,118)(H,90,119)(H,91,117)(H,92,120)(H,93,122)(H,94,116)(H,95,113)(H,96,115)(H,97,123)(H,105,106)(H,107,108)(H,109,110)(H4,77,78,81). The number of aromatic amines is 1. The summed E-state index contributed by atoms with van der Waals surface area (Å²) in [6.07, 6.45) is -1.69. The highest BCUT2D eigenvalue weighted by atomic mass is 32.1. The monoisotopic (exact) mass is 1930 g/mol. The first-order valence-corrected chi connectivity index (χ1v) is 43.9. The number of carbonyl (C=O) groups is 22. The molecule has 0 saturated carbocycles. The number of aliphatic hydroxyl groups is 3. The van der Waals surface area contributed by atoms with Crippen molar-refractivity contribution >= 4 is 187 Å². The van der Waals surface area contributed by atoms with Crippen LogP contribution in [0.3, 0.4) is 0 Å². The molecule has 4 heterocycles. The Morgan fingerprint density at radius 2 is 0.809 bits per heavy atom. The number of hydrogen-bond acceptors (Lipinski definition) is 32. The zero-order chi connectivity index (χ0) is 98.1. The number of primary amides is 2. The fourth-order valence-corrected chi connectivity index (χ4v) is 14.6. The number of aliphatic hydroxyl groups excluding tert-OH is 3. The van der Waals surface area contributed by atoms with Crippen LogP contribution in [0.4, 0.5) is 0 Å². The van der Waals surface area contributed by atoms with Gasteiger partial charge in [0.25, 0.3) is 0 Å². The molecule has 31 N–H and O–H groups in total. The Balaban J connectivity index is 1.48. The molecule has 17 unspecified atom stereocenters. The number of aliphatic carboxylic acids is 3. The number of hydrogen-bond donors (Lipinski definition) is 32. The van der Waals surface area contributed by atoms with Gasteiger partial charge in [-0.25, -0.2) is 4.98 Å². The first-order valence-electron chi connectivity index (χ1n) is 41.4. The molecule has 0 aliphatic carbocycles. The molecule has 17 atom stereocenters. The molecule has 4 rings (SSSR count). The van der Waals surface area contributed by atoms with Crippen molar-refractivity contribution in [2.24, 2.45) is 23.1 Å². The van der Waals surface area contributed by atoms with Gasteiger partial charge < -0.3 is 153 Å². The topological polar surface area (TPSA) is 839 Å². The van der Waals surface area contributed by atoms with Crippen LogP contribution < -0.4 is 108 Å². The number of carboxylic acids is 3. The van der Waals surface area contributed by atoms with Gasteiger partial charge in [0.1, 0.15) is 96.7 Å². The molecule has 1 aromatic rings. The van der Waals surface area contributed by atoms with E-state index in [9.17, 15) is 136 Å². The van der Waals surface area contributed by atoms with E-state index in [0.29, 0.717) is 19.4 Å². The van der Waals surface area contributed by atoms with Gasteiger partial charge in [0.15, 0.2) is 5.96 Å². The van der Waals surface area contributed by atoms with Gasteiger partial charge in [0.05, 0.1) is 57.3 Å². The third-order valence-corrected chi connectivity index (χ3v) is 21.8. The highest BCUT2D eigenvalue weighted by molar-refractivity contribution is 7.80. The summed E-state index contributed by atoms with van der Waals surface area (Å²) < 4.78 is 0. The molecular weight excluding hydrogens is 1820 g/mol. The average molecular weight is 1930 g/mol. The molecule has 3 aliphatic rings. The molecule has 730 valence electrons. The summed E-state index contributed by atoms with van der Waals surface area (Å²) >= 11 is 16.5. The summed E-state index contributed by atoms with van der Waals surface area (Å²) in [4.78, 5) is 304. The Morgan fingerprint density at radius 3 is 1.19 bits per heavy atom. The Labute approximate surface area is 770 Å². The van der Waals surface area contributed by atoms with E-state index in [1.54, 1.807) is 13.8 Å². The average Bonchev–Trinajstić information content (AvgIpc) is 1.71. The van der Waals surface area contributed by atoms with Crippen molar-refractivity contribution in [3.05, 3.63) is 18.2 Å². The second-order valence-electron chi connectivity index (χ2n) is 30.9. The molecule has 3 saturated heterocycles. The van der Waals surface area contributed by atoms with Crippen LogP contribution in [0.5, 0.6) is 0 Å². The lowest BCUT2D eigenvalue weighted by molar-refractivity contribution is -0.146. The van der Waals surface area contributed by atoms with Crippen LogP contribution in [0, 0.1) is 11.3 Å². The van der Waals surface area contributed by atoms with Crippen LogP contribution in [0.25, 0.3) is 0 Å². The fraction of sp³-hybridized carbons (Fsp3) is 0.649. The second-order valence-corrected chi connectivity index (χ2v) is 32.3. The Kier molecular flexibility index (Phi) is 48.1. The number of nitrogens with two attached hydrogens (primary N) is 3. The molecule has 0 spiro atoms. The molecule has 3 aliphatic heterocycles. The number of likely N-dealkylation sites (tertiary alicyclic amines) is 2. The van der Waals surface area contributed by atoms with E-state index in [4.69, 9.17) is 22.6 Å². The van der Waals surface area contributed by atoms with Crippen molar-refractivity contribution in [1.82, 2.24) is 110 Å². The Morgan fingerprint density at radius 1 is 0.435 bits per heavy atom. The predicted octanol–water partition coefficient (Wildman–Crippen LogP) is -13.8. The van der Waals surface area contributed by atoms with Gasteiger partial charge in [-0.15, -0.1) is 0 Å². The van der Waals surface area contributed by atoms with Crippen molar-refractivity contribution in [1.29, 1.82) is 5.41 Å². The van der Waals surface area contributed by atoms with E-state index in [1.807, 2.05) is 0 Å². The molecule has 53 nitrogen and oxygen atoms in total. The smallest absolute Gasteiger partial charge is 0.305 e. The first kappa shape index (κ1) is 111. The third kappa shape index (κ3) is 37.5. The van der Waals surface area contributed by atoms with Gasteiger partial charge in [-0.1, -0.05) is 13.8 Å². The lowest BCUT2D eigenvalue weighted by atomic mass is 10.0. The number of nitrogens with one attached hydrogen (secondary N) is 19. The van der Waals surface area contributed by atoms with E-state index in [0.717, 1.165) is 9.80 Å². The highest BCUT2D eigenvalue weighted by Gasteiger charge is 2.45. The minimum Gasteiger partial charge on any atom is -0.481 e. The number of rotatable bonds is 58. The number of guanidine groups is 1. The number of nitrogens with zero attached hydrogens (tertiary/aromatic N) is 3. The number of amides is 19. The third-order valence-electron chi connectivity index (χ3n) is 20.3. The van der Waals surface area contributed by atoms with Gasteiger partial charge in [-0.05, 0) is 83.1 Å². The van der Waals surface area contributed by atoms with E-state index >= 15 is 0 Å². The van der Waals surface area contributed by atoms with Crippen LogP contribution in [0.2, 0.25) is 0 Å². The quantitative estimate of drug-likeness (QED) is 0.0125. The van der Waals surface area contributed by atoms with Crippen LogP contribution in [0.15, 0.2) is 12.5 Å². The van der Waals surface area contributed by atoms with Crippen LogP contribution in [0.1, 0.15) is 116 Å². The summed E-state index contributed by atoms with van der Waals surface area (Å²) in [5, 5.41) is 108. The molecule has 1 aromatic heterocycles. The number of imidazole rings is 1. The summed E-state index contributed by atoms with van der Waals surface area (Å²) in [6.45, 7) is -0.977. The Bertz CT molecular complexity index is 4230. The van der Waals surface area contributed by atoms with Crippen molar-refractivity contribution < 1.29 is 136 Å². The van der Waals surface area contributed by atoms with Crippen LogP contribution in [-0.4, -0.2) is 365 Å². The van der Waals surface area contributed by atoms with Crippen LogP contribution >= 0.6 is 50.5 Å².